The molecule has 0 saturated heterocycles. The molecule has 0 spiro atoms. The molecule has 1 aromatic rings. The third-order valence-electron chi connectivity index (χ3n) is 10.8. The van der Waals surface area contributed by atoms with E-state index in [1.807, 2.05) is 6.92 Å². The number of halogens is 1. The number of quaternary nitrogens is 1. The van der Waals surface area contributed by atoms with Crippen molar-refractivity contribution in [2.45, 2.75) is 225 Å². The van der Waals surface area contributed by atoms with Crippen LogP contribution in [0, 0.1) is 17.7 Å². The van der Waals surface area contributed by atoms with Crippen LogP contribution in [0.2, 0.25) is 0 Å². The molecule has 0 amide bonds. The highest BCUT2D eigenvalue weighted by Crippen LogP contribution is 2.20. The summed E-state index contributed by atoms with van der Waals surface area (Å²) in [5, 5.41) is 0. The van der Waals surface area contributed by atoms with Crippen molar-refractivity contribution < 1.29 is 17.5 Å². The molecule has 0 bridgehead atoms. The Morgan fingerprint density at radius 1 is 0.500 bits per heavy atom. The van der Waals surface area contributed by atoms with Crippen LogP contribution < -0.4 is 0 Å². The highest BCUT2D eigenvalue weighted by atomic mass is 79.9. The van der Waals surface area contributed by atoms with E-state index in [4.69, 9.17) is 4.55 Å². The van der Waals surface area contributed by atoms with E-state index in [9.17, 15) is 8.42 Å². The van der Waals surface area contributed by atoms with Gasteiger partial charge in [-0.3, -0.25) is 4.55 Å². The van der Waals surface area contributed by atoms with Gasteiger partial charge in [-0.1, -0.05) is 193 Å². The second kappa shape index (κ2) is 37.1. The Bertz CT molecular complexity index is 1000. The molecule has 0 radical (unpaired) electrons. The second-order valence-electron chi connectivity index (χ2n) is 15.8. The maximum absolute atomic E-state index is 10.5. The number of nitrogens with zero attached hydrogens (tertiary/aromatic N) is 1. The fraction of sp³-hybridized carbons (Fsp3) is 0.826. The molecule has 1 rings (SSSR count). The highest BCUT2D eigenvalue weighted by molar-refractivity contribution is 9.12. The van der Waals surface area contributed by atoms with Crippen LogP contribution in [0.3, 0.4) is 0 Å². The molecule has 52 heavy (non-hydrogen) atoms. The summed E-state index contributed by atoms with van der Waals surface area (Å²) in [6, 6.07) is 5.99. The number of rotatable bonds is 35. The van der Waals surface area contributed by atoms with Gasteiger partial charge in [-0.15, -0.1) is 0 Å². The van der Waals surface area contributed by atoms with Crippen LogP contribution in [0.1, 0.15) is 219 Å². The zero-order chi connectivity index (χ0) is 38.4. The molecule has 1 aromatic carbocycles. The summed E-state index contributed by atoms with van der Waals surface area (Å²) in [4.78, 5) is 3.02. The topological polar surface area (TPSA) is 54.4 Å². The Balaban J connectivity index is 0.00000199. The molecule has 0 aliphatic rings. The zero-order valence-electron chi connectivity index (χ0n) is 34.8. The quantitative estimate of drug-likeness (QED) is 0.0321. The summed E-state index contributed by atoms with van der Waals surface area (Å²) in [5.41, 5.74) is 0.956. The Morgan fingerprint density at radius 3 is 1.02 bits per heavy atom. The minimum atomic E-state index is -4.02. The van der Waals surface area contributed by atoms with Gasteiger partial charge in [-0.05, 0) is 68.3 Å². The number of hydrogen-bond donors (Lipinski definition) is 1. The third kappa shape index (κ3) is 32.6. The van der Waals surface area contributed by atoms with Crippen LogP contribution in [0.4, 0.5) is 0 Å². The van der Waals surface area contributed by atoms with E-state index >= 15 is 0 Å². The summed E-state index contributed by atoms with van der Waals surface area (Å²) in [6.07, 6.45) is 42.9. The van der Waals surface area contributed by atoms with Gasteiger partial charge in [0, 0.05) is 15.9 Å². The molecular formula is C46H85BrNO3S+. The van der Waals surface area contributed by atoms with E-state index in [2.05, 4.69) is 47.5 Å². The number of benzene rings is 1. The normalized spacial score (nSPS) is 11.6. The number of hydrogen-bond acceptors (Lipinski definition) is 2. The van der Waals surface area contributed by atoms with Crippen molar-refractivity contribution in [1.29, 1.82) is 0 Å². The maximum atomic E-state index is 10.5. The van der Waals surface area contributed by atoms with Crippen molar-refractivity contribution in [1.82, 2.24) is 0 Å². The van der Waals surface area contributed by atoms with Crippen LogP contribution in [0.25, 0.3) is 0 Å². The molecule has 0 heterocycles. The lowest BCUT2D eigenvalue weighted by atomic mass is 10.0. The van der Waals surface area contributed by atoms with Crippen LogP contribution in [-0.2, 0) is 10.1 Å². The van der Waals surface area contributed by atoms with E-state index in [-0.39, 0.29) is 4.90 Å². The van der Waals surface area contributed by atoms with Gasteiger partial charge in [0.15, 0.2) is 0 Å². The fourth-order valence-corrected chi connectivity index (χ4v) is 7.89. The van der Waals surface area contributed by atoms with Gasteiger partial charge in [-0.2, -0.15) is 8.42 Å². The molecule has 304 valence electrons. The van der Waals surface area contributed by atoms with Crippen molar-refractivity contribution in [3.8, 4) is 10.8 Å². The fourth-order valence-electron chi connectivity index (χ4n) is 7.28. The summed E-state index contributed by atoms with van der Waals surface area (Å²) >= 11 is 3.43. The molecule has 0 aliphatic heterocycles. The third-order valence-corrected chi connectivity index (χ3v) is 11.9. The van der Waals surface area contributed by atoms with Crippen LogP contribution in [0.15, 0.2) is 29.2 Å². The van der Waals surface area contributed by atoms with Gasteiger partial charge < -0.3 is 4.48 Å². The van der Waals surface area contributed by atoms with E-state index in [0.29, 0.717) is 0 Å². The number of aryl methyl sites for hydroxylation is 1. The lowest BCUT2D eigenvalue weighted by Gasteiger charge is -2.38. The van der Waals surface area contributed by atoms with E-state index in [1.165, 1.54) is 229 Å². The standard InChI is InChI=1S/C39H77BrN.C7H8O3S/c1-4-7-10-13-16-19-22-25-28-31-36-41(39-34-35-40,37-32-29-26-23-20-17-14-11-8-5-2)38-33-30-27-24-21-18-15-12-9-6-3;1-6-2-4-7(5-3-6)11(8,9)10/h4-33,36-39H2,1-3H3;2-5H,1H3,(H,8,9,10)/q+1;. The lowest BCUT2D eigenvalue weighted by Crippen LogP contribution is -2.50. The second-order valence-corrected chi connectivity index (χ2v) is 17.6. The molecule has 0 aliphatic carbocycles. The van der Waals surface area contributed by atoms with Crippen molar-refractivity contribution >= 4 is 26.0 Å². The van der Waals surface area contributed by atoms with Crippen LogP contribution >= 0.6 is 15.9 Å². The largest absolute Gasteiger partial charge is 0.313 e. The van der Waals surface area contributed by atoms with Gasteiger partial charge in [0.25, 0.3) is 10.1 Å². The summed E-state index contributed by atoms with van der Waals surface area (Å²) in [7, 11) is -4.02. The molecule has 0 atom stereocenters. The molecule has 4 nitrogen and oxygen atoms in total. The minimum Gasteiger partial charge on any atom is -0.313 e. The van der Waals surface area contributed by atoms with Gasteiger partial charge in [-0.25, -0.2) is 0 Å². The SMILES string of the molecule is CCCCCCCCCCCC[N+](CC#CBr)(CCCCCCCCCCCC)CCCCCCCCCCCC.Cc1ccc(S(=O)(=O)O)cc1. The van der Waals surface area contributed by atoms with Crippen molar-refractivity contribution in [2.24, 2.45) is 0 Å². The summed E-state index contributed by atoms with van der Waals surface area (Å²) < 4.78 is 30.8. The highest BCUT2D eigenvalue weighted by Gasteiger charge is 2.25. The predicted octanol–water partition coefficient (Wildman–Crippen LogP) is 15.2. The van der Waals surface area contributed by atoms with Gasteiger partial charge in [0.2, 0.25) is 0 Å². The lowest BCUT2D eigenvalue weighted by molar-refractivity contribution is -0.922. The van der Waals surface area contributed by atoms with Gasteiger partial charge in [0.05, 0.1) is 24.5 Å². The number of unbranched alkanes of at least 4 members (excludes halogenated alkanes) is 27. The molecular weight excluding hydrogens is 726 g/mol. The van der Waals surface area contributed by atoms with Crippen LogP contribution in [-0.4, -0.2) is 43.6 Å². The summed E-state index contributed by atoms with van der Waals surface area (Å²) in [6.45, 7) is 13.9. The molecule has 1 N–H and O–H groups in total. The molecule has 6 heteroatoms. The van der Waals surface area contributed by atoms with E-state index in [0.717, 1.165) is 12.1 Å². The predicted molar refractivity (Wildman–Crippen MR) is 233 cm³/mol. The van der Waals surface area contributed by atoms with Gasteiger partial charge in [0.1, 0.15) is 6.54 Å². The molecule has 0 saturated carbocycles. The van der Waals surface area contributed by atoms with Crippen molar-refractivity contribution in [3.05, 3.63) is 29.8 Å². The first kappa shape index (κ1) is 51.1. The molecule has 0 unspecified atom stereocenters. The van der Waals surface area contributed by atoms with Crippen molar-refractivity contribution in [2.75, 3.05) is 26.2 Å². The van der Waals surface area contributed by atoms with Crippen LogP contribution in [0.5, 0.6) is 0 Å². The van der Waals surface area contributed by atoms with E-state index in [1.54, 1.807) is 12.1 Å². The Hall–Kier alpha value is -0.870. The summed E-state index contributed by atoms with van der Waals surface area (Å²) in [5.74, 6) is 3.48. The smallest absolute Gasteiger partial charge is 0.294 e. The Kier molecular flexibility index (Phi) is 36.5. The monoisotopic (exact) mass is 811 g/mol. The van der Waals surface area contributed by atoms with Crippen molar-refractivity contribution in [3.63, 3.8) is 0 Å². The maximum Gasteiger partial charge on any atom is 0.294 e. The first-order chi connectivity index (χ1) is 25.2. The average molecular weight is 812 g/mol. The molecule has 0 aromatic heterocycles. The first-order valence-corrected chi connectivity index (χ1v) is 24.5. The zero-order valence-corrected chi connectivity index (χ0v) is 37.3. The molecule has 0 fully saturated rings. The van der Waals surface area contributed by atoms with Gasteiger partial charge >= 0.3 is 0 Å². The average Bonchev–Trinajstić information content (AvgIpc) is 3.13. The Morgan fingerprint density at radius 2 is 0.769 bits per heavy atom. The first-order valence-electron chi connectivity index (χ1n) is 22.2. The minimum absolute atomic E-state index is 0.0666. The van der Waals surface area contributed by atoms with E-state index < -0.39 is 10.1 Å². The Labute approximate surface area is 334 Å².